The molecular formula is C14H22N2O2S. The Kier molecular flexibility index (Phi) is 4.93. The number of aromatic nitrogens is 1. The molecule has 0 aromatic carbocycles. The van der Waals surface area contributed by atoms with Crippen molar-refractivity contribution in [3.63, 3.8) is 0 Å². The average Bonchev–Trinajstić information content (AvgIpc) is 2.84. The third-order valence-corrected chi connectivity index (χ3v) is 4.63. The number of aldehydes is 1. The number of thiazole rings is 1. The predicted molar refractivity (Wildman–Crippen MR) is 78.4 cm³/mol. The molecule has 0 unspecified atom stereocenters. The summed E-state index contributed by atoms with van der Waals surface area (Å²) >= 11 is 1.50. The topological polar surface area (TPSA) is 42.4 Å². The Labute approximate surface area is 118 Å². The maximum absolute atomic E-state index is 11.1. The van der Waals surface area contributed by atoms with Gasteiger partial charge in [-0.1, -0.05) is 25.2 Å². The monoisotopic (exact) mass is 282 g/mol. The SMILES string of the molecule is CC(C)c1nc(N(C)CC2CCOCC2)sc1C=O. The number of hydrogen-bond donors (Lipinski definition) is 0. The number of carbonyl (C=O) groups excluding carboxylic acids is 1. The van der Waals surface area contributed by atoms with Gasteiger partial charge in [-0.2, -0.15) is 0 Å². The summed E-state index contributed by atoms with van der Waals surface area (Å²) in [5.74, 6) is 0.964. The summed E-state index contributed by atoms with van der Waals surface area (Å²) < 4.78 is 5.38. The van der Waals surface area contributed by atoms with Crippen molar-refractivity contribution in [3.05, 3.63) is 10.6 Å². The first-order chi connectivity index (χ1) is 9.11. The number of carbonyl (C=O) groups is 1. The van der Waals surface area contributed by atoms with E-state index < -0.39 is 0 Å². The fourth-order valence-electron chi connectivity index (χ4n) is 2.39. The second-order valence-electron chi connectivity index (χ2n) is 5.45. The van der Waals surface area contributed by atoms with Gasteiger partial charge in [-0.05, 0) is 24.7 Å². The van der Waals surface area contributed by atoms with Crippen molar-refractivity contribution in [2.45, 2.75) is 32.6 Å². The Morgan fingerprint density at radius 3 is 2.68 bits per heavy atom. The van der Waals surface area contributed by atoms with Crippen molar-refractivity contribution in [2.75, 3.05) is 31.7 Å². The van der Waals surface area contributed by atoms with Crippen LogP contribution in [0, 0.1) is 5.92 Å². The molecule has 0 radical (unpaired) electrons. The van der Waals surface area contributed by atoms with Gasteiger partial charge in [0.15, 0.2) is 11.4 Å². The van der Waals surface area contributed by atoms with Gasteiger partial charge in [0.2, 0.25) is 0 Å². The lowest BCUT2D eigenvalue weighted by Crippen LogP contribution is -2.29. The van der Waals surface area contributed by atoms with E-state index in [4.69, 9.17) is 4.74 Å². The highest BCUT2D eigenvalue weighted by Crippen LogP contribution is 2.30. The lowest BCUT2D eigenvalue weighted by Gasteiger charge is -2.26. The predicted octanol–water partition coefficient (Wildman–Crippen LogP) is 2.94. The third-order valence-electron chi connectivity index (χ3n) is 3.52. The Morgan fingerprint density at radius 1 is 1.47 bits per heavy atom. The van der Waals surface area contributed by atoms with Crippen molar-refractivity contribution < 1.29 is 9.53 Å². The fourth-order valence-corrected chi connectivity index (χ4v) is 3.39. The van der Waals surface area contributed by atoms with E-state index >= 15 is 0 Å². The van der Waals surface area contributed by atoms with Crippen LogP contribution in [0.1, 0.15) is 48.0 Å². The van der Waals surface area contributed by atoms with E-state index in [1.54, 1.807) is 0 Å². The number of nitrogens with zero attached hydrogens (tertiary/aromatic N) is 2. The van der Waals surface area contributed by atoms with E-state index in [2.05, 4.69) is 30.8 Å². The molecule has 2 heterocycles. The van der Waals surface area contributed by atoms with Crippen LogP contribution in [0.15, 0.2) is 0 Å². The summed E-state index contributed by atoms with van der Waals surface area (Å²) in [7, 11) is 2.06. The van der Waals surface area contributed by atoms with Crippen LogP contribution in [0.3, 0.4) is 0 Å². The molecule has 0 aliphatic carbocycles. The maximum atomic E-state index is 11.1. The standard InChI is InChI=1S/C14H22N2O2S/c1-10(2)13-12(9-17)19-14(15-13)16(3)8-11-4-6-18-7-5-11/h9-11H,4-8H2,1-3H3. The van der Waals surface area contributed by atoms with E-state index in [0.29, 0.717) is 11.8 Å². The first-order valence-corrected chi connectivity index (χ1v) is 7.68. The van der Waals surface area contributed by atoms with Gasteiger partial charge in [0.25, 0.3) is 0 Å². The highest BCUT2D eigenvalue weighted by Gasteiger charge is 2.20. The van der Waals surface area contributed by atoms with Gasteiger partial charge in [-0.25, -0.2) is 4.98 Å². The molecule has 1 saturated heterocycles. The summed E-state index contributed by atoms with van der Waals surface area (Å²) in [6, 6.07) is 0. The van der Waals surface area contributed by atoms with Crippen LogP contribution in [-0.2, 0) is 4.74 Å². The van der Waals surface area contributed by atoms with Gasteiger partial charge >= 0.3 is 0 Å². The molecule has 0 amide bonds. The van der Waals surface area contributed by atoms with Gasteiger partial charge in [0.1, 0.15) is 0 Å². The molecule has 0 bridgehead atoms. The van der Waals surface area contributed by atoms with Crippen LogP contribution in [0.2, 0.25) is 0 Å². The zero-order valence-corrected chi connectivity index (χ0v) is 12.7. The molecule has 4 nitrogen and oxygen atoms in total. The lowest BCUT2D eigenvalue weighted by molar-refractivity contribution is 0.0685. The molecule has 19 heavy (non-hydrogen) atoms. The van der Waals surface area contributed by atoms with Crippen LogP contribution in [-0.4, -0.2) is 38.1 Å². The molecule has 1 aromatic rings. The minimum atomic E-state index is 0.293. The Hall–Kier alpha value is -0.940. The molecule has 106 valence electrons. The number of rotatable bonds is 5. The summed E-state index contributed by atoms with van der Waals surface area (Å²) in [6.45, 7) is 6.88. The summed E-state index contributed by atoms with van der Waals surface area (Å²) in [5, 5.41) is 0.956. The first-order valence-electron chi connectivity index (χ1n) is 6.86. The van der Waals surface area contributed by atoms with Crippen LogP contribution in [0.25, 0.3) is 0 Å². The molecule has 1 fully saturated rings. The molecule has 0 atom stereocenters. The van der Waals surface area contributed by atoms with E-state index in [0.717, 1.165) is 54.6 Å². The Balaban J connectivity index is 2.05. The van der Waals surface area contributed by atoms with E-state index in [-0.39, 0.29) is 0 Å². The smallest absolute Gasteiger partial charge is 0.185 e. The molecule has 0 N–H and O–H groups in total. The third kappa shape index (κ3) is 3.54. The normalized spacial score (nSPS) is 16.8. The summed E-state index contributed by atoms with van der Waals surface area (Å²) in [4.78, 5) is 18.7. The molecule has 5 heteroatoms. The van der Waals surface area contributed by atoms with Gasteiger partial charge in [0.05, 0.1) is 10.6 Å². The molecule has 2 rings (SSSR count). The largest absolute Gasteiger partial charge is 0.381 e. The Bertz CT molecular complexity index is 425. The molecular weight excluding hydrogens is 260 g/mol. The van der Waals surface area contributed by atoms with Crippen molar-refractivity contribution in [3.8, 4) is 0 Å². The zero-order valence-electron chi connectivity index (χ0n) is 11.9. The minimum absolute atomic E-state index is 0.293. The van der Waals surface area contributed by atoms with Crippen LogP contribution in [0.5, 0.6) is 0 Å². The van der Waals surface area contributed by atoms with Crippen molar-refractivity contribution in [1.82, 2.24) is 4.98 Å². The van der Waals surface area contributed by atoms with Crippen molar-refractivity contribution in [1.29, 1.82) is 0 Å². The average molecular weight is 282 g/mol. The molecule has 1 aliphatic heterocycles. The molecule has 0 spiro atoms. The second-order valence-corrected chi connectivity index (χ2v) is 6.46. The highest BCUT2D eigenvalue weighted by molar-refractivity contribution is 7.17. The van der Waals surface area contributed by atoms with Crippen LogP contribution >= 0.6 is 11.3 Å². The second kappa shape index (κ2) is 6.48. The first kappa shape index (κ1) is 14.5. The fraction of sp³-hybridized carbons (Fsp3) is 0.714. The number of anilines is 1. The number of ether oxygens (including phenoxy) is 1. The summed E-state index contributed by atoms with van der Waals surface area (Å²) in [5.41, 5.74) is 0.925. The van der Waals surface area contributed by atoms with E-state index in [1.165, 1.54) is 11.3 Å². The number of hydrogen-bond acceptors (Lipinski definition) is 5. The van der Waals surface area contributed by atoms with Gasteiger partial charge in [-0.3, -0.25) is 4.79 Å². The van der Waals surface area contributed by atoms with Gasteiger partial charge < -0.3 is 9.64 Å². The lowest BCUT2D eigenvalue weighted by atomic mass is 10.0. The highest BCUT2D eigenvalue weighted by atomic mass is 32.1. The molecule has 1 aromatic heterocycles. The Morgan fingerprint density at radius 2 is 2.16 bits per heavy atom. The van der Waals surface area contributed by atoms with Gasteiger partial charge in [-0.15, -0.1) is 0 Å². The zero-order chi connectivity index (χ0) is 13.8. The maximum Gasteiger partial charge on any atom is 0.185 e. The van der Waals surface area contributed by atoms with Crippen LogP contribution < -0.4 is 4.90 Å². The van der Waals surface area contributed by atoms with E-state index in [1.807, 2.05) is 0 Å². The van der Waals surface area contributed by atoms with Crippen LogP contribution in [0.4, 0.5) is 5.13 Å². The van der Waals surface area contributed by atoms with Crippen molar-refractivity contribution >= 4 is 22.8 Å². The van der Waals surface area contributed by atoms with Crippen molar-refractivity contribution in [2.24, 2.45) is 5.92 Å². The van der Waals surface area contributed by atoms with Gasteiger partial charge in [0, 0.05) is 26.8 Å². The van der Waals surface area contributed by atoms with E-state index in [9.17, 15) is 4.79 Å². The summed E-state index contributed by atoms with van der Waals surface area (Å²) in [6.07, 6.45) is 3.17. The minimum Gasteiger partial charge on any atom is -0.381 e. The quantitative estimate of drug-likeness (QED) is 0.779. The molecule has 0 saturated carbocycles. The molecule has 1 aliphatic rings.